The molecule has 0 aliphatic carbocycles. The van der Waals surface area contributed by atoms with Crippen LogP contribution in [0.2, 0.25) is 0 Å². The lowest BCUT2D eigenvalue weighted by Crippen LogP contribution is -2.43. The Morgan fingerprint density at radius 1 is 1.08 bits per heavy atom. The molecule has 1 aliphatic rings. The smallest absolute Gasteiger partial charge is 0.326 e. The summed E-state index contributed by atoms with van der Waals surface area (Å²) in [4.78, 5) is 15.7. The molecule has 2 aromatic rings. The zero-order valence-electron chi connectivity index (χ0n) is 14.7. The topological polar surface area (TPSA) is 49.6 Å². The molecule has 1 heterocycles. The molecule has 2 amide bonds. The minimum atomic E-state index is -0.113. The number of likely N-dealkylation sites (tertiary alicyclic amines) is 1. The number of hydrogen-bond donors (Lipinski definition) is 1. The van der Waals surface area contributed by atoms with Crippen molar-refractivity contribution in [3.63, 3.8) is 0 Å². The molecule has 2 N–H and O–H groups in total. The van der Waals surface area contributed by atoms with Gasteiger partial charge < -0.3 is 10.6 Å². The van der Waals surface area contributed by atoms with Crippen LogP contribution >= 0.6 is 23.5 Å². The number of amides is 2. The van der Waals surface area contributed by atoms with Crippen molar-refractivity contribution in [2.45, 2.75) is 36.1 Å². The van der Waals surface area contributed by atoms with Crippen LogP contribution in [-0.2, 0) is 13.1 Å². The van der Waals surface area contributed by atoms with E-state index >= 15 is 0 Å². The van der Waals surface area contributed by atoms with E-state index in [0.717, 1.165) is 37.1 Å². The summed E-state index contributed by atoms with van der Waals surface area (Å²) in [5.41, 5.74) is 7.68. The first-order valence-electron chi connectivity index (χ1n) is 8.87. The molecule has 6 heteroatoms. The van der Waals surface area contributed by atoms with E-state index in [1.165, 1.54) is 9.31 Å². The van der Waals surface area contributed by atoms with Crippen LogP contribution in [0.25, 0.3) is 0 Å². The lowest BCUT2D eigenvalue weighted by molar-refractivity contribution is 0.168. The maximum absolute atomic E-state index is 12.6. The average Bonchev–Trinajstić information content (AvgIpc) is 2.69. The number of rotatable bonds is 5. The van der Waals surface area contributed by atoms with Gasteiger partial charge in [0.2, 0.25) is 0 Å². The van der Waals surface area contributed by atoms with Crippen molar-refractivity contribution in [3.05, 3.63) is 65.7 Å². The van der Waals surface area contributed by atoms with Crippen LogP contribution in [0.1, 0.15) is 24.0 Å². The standard InChI is InChI=1S/C20H24ClN3OS/c21-24(15-17-8-6-16(14-22)7-9-17)20(25)23-12-10-19(11-13-23)26-18-4-2-1-3-5-18/h1-9,19H,10-15,22H2. The summed E-state index contributed by atoms with van der Waals surface area (Å²) in [6.07, 6.45) is 1.97. The Morgan fingerprint density at radius 3 is 2.31 bits per heavy atom. The molecule has 3 rings (SSSR count). The van der Waals surface area contributed by atoms with Crippen LogP contribution < -0.4 is 5.73 Å². The Morgan fingerprint density at radius 2 is 1.69 bits per heavy atom. The molecule has 1 fully saturated rings. The van der Waals surface area contributed by atoms with E-state index in [2.05, 4.69) is 24.3 Å². The highest BCUT2D eigenvalue weighted by molar-refractivity contribution is 8.00. The molecule has 0 bridgehead atoms. The number of carbonyl (C=O) groups excluding carboxylic acids is 1. The van der Waals surface area contributed by atoms with Gasteiger partial charge in [-0.3, -0.25) is 0 Å². The molecule has 0 saturated carbocycles. The summed E-state index contributed by atoms with van der Waals surface area (Å²) in [5.74, 6) is 0. The fourth-order valence-electron chi connectivity index (χ4n) is 3.02. The van der Waals surface area contributed by atoms with Crippen LogP contribution in [0.15, 0.2) is 59.5 Å². The quantitative estimate of drug-likeness (QED) is 0.767. The van der Waals surface area contributed by atoms with Gasteiger partial charge in [0.05, 0.1) is 6.54 Å². The van der Waals surface area contributed by atoms with Gasteiger partial charge in [0.25, 0.3) is 0 Å². The highest BCUT2D eigenvalue weighted by Gasteiger charge is 2.26. The van der Waals surface area contributed by atoms with Gasteiger partial charge in [0, 0.05) is 41.6 Å². The Kier molecular flexibility index (Phi) is 6.83. The second-order valence-corrected chi connectivity index (χ2v) is 8.22. The summed E-state index contributed by atoms with van der Waals surface area (Å²) in [6, 6.07) is 18.2. The van der Waals surface area contributed by atoms with Gasteiger partial charge in [-0.15, -0.1) is 11.8 Å². The minimum Gasteiger partial charge on any atom is -0.326 e. The molecule has 1 saturated heterocycles. The Hall–Kier alpha value is -1.69. The highest BCUT2D eigenvalue weighted by atomic mass is 35.5. The van der Waals surface area contributed by atoms with E-state index < -0.39 is 0 Å². The molecule has 0 spiro atoms. The largest absolute Gasteiger partial charge is 0.334 e. The van der Waals surface area contributed by atoms with Crippen molar-refractivity contribution in [1.29, 1.82) is 0 Å². The second kappa shape index (κ2) is 9.31. The van der Waals surface area contributed by atoms with Crippen LogP contribution in [-0.4, -0.2) is 33.7 Å². The third-order valence-corrected chi connectivity index (χ3v) is 6.16. The van der Waals surface area contributed by atoms with E-state index in [-0.39, 0.29) is 6.03 Å². The molecule has 138 valence electrons. The minimum absolute atomic E-state index is 0.113. The van der Waals surface area contributed by atoms with Gasteiger partial charge in [-0.2, -0.15) is 0 Å². The maximum Gasteiger partial charge on any atom is 0.334 e. The van der Waals surface area contributed by atoms with E-state index in [4.69, 9.17) is 17.5 Å². The van der Waals surface area contributed by atoms with E-state index in [1.54, 1.807) is 0 Å². The predicted molar refractivity (Wildman–Crippen MR) is 108 cm³/mol. The normalized spacial score (nSPS) is 15.1. The van der Waals surface area contributed by atoms with E-state index in [9.17, 15) is 4.79 Å². The van der Waals surface area contributed by atoms with Crippen LogP contribution in [0.5, 0.6) is 0 Å². The maximum atomic E-state index is 12.6. The van der Waals surface area contributed by atoms with Crippen molar-refractivity contribution < 1.29 is 4.79 Å². The third kappa shape index (κ3) is 5.16. The zero-order valence-corrected chi connectivity index (χ0v) is 16.3. The lowest BCUT2D eigenvalue weighted by atomic mass is 10.1. The number of nitrogens with two attached hydrogens (primary N) is 1. The highest BCUT2D eigenvalue weighted by Crippen LogP contribution is 2.30. The molecule has 4 nitrogen and oxygen atoms in total. The fourth-order valence-corrected chi connectivity index (χ4v) is 4.41. The molecular formula is C20H24ClN3OS. The average molecular weight is 390 g/mol. The number of urea groups is 1. The number of nitrogens with zero attached hydrogens (tertiary/aromatic N) is 2. The first kappa shape index (κ1) is 19.1. The predicted octanol–water partition coefficient (Wildman–Crippen LogP) is 4.48. The number of piperidine rings is 1. The van der Waals surface area contributed by atoms with Gasteiger partial charge in [0.15, 0.2) is 0 Å². The molecule has 0 atom stereocenters. The monoisotopic (exact) mass is 389 g/mol. The lowest BCUT2D eigenvalue weighted by Gasteiger charge is -2.33. The van der Waals surface area contributed by atoms with Gasteiger partial charge in [-0.05, 0) is 36.1 Å². The number of halogens is 1. The number of carbonyl (C=O) groups is 1. The second-order valence-electron chi connectivity index (χ2n) is 6.44. The van der Waals surface area contributed by atoms with Crippen LogP contribution in [0.3, 0.4) is 0 Å². The fraction of sp³-hybridized carbons (Fsp3) is 0.350. The zero-order chi connectivity index (χ0) is 18.4. The summed E-state index contributed by atoms with van der Waals surface area (Å²) in [7, 11) is 0. The summed E-state index contributed by atoms with van der Waals surface area (Å²) in [6.45, 7) is 2.40. The van der Waals surface area contributed by atoms with Crippen molar-refractivity contribution in [2.24, 2.45) is 5.73 Å². The molecule has 26 heavy (non-hydrogen) atoms. The van der Waals surface area contributed by atoms with Crippen molar-refractivity contribution in [2.75, 3.05) is 13.1 Å². The molecule has 2 aromatic carbocycles. The van der Waals surface area contributed by atoms with Gasteiger partial charge in [-0.1, -0.05) is 42.5 Å². The number of thioether (sulfide) groups is 1. The summed E-state index contributed by atoms with van der Waals surface area (Å²) < 4.78 is 1.28. The van der Waals surface area contributed by atoms with Crippen molar-refractivity contribution in [3.8, 4) is 0 Å². The number of benzene rings is 2. The number of hydrogen-bond acceptors (Lipinski definition) is 3. The summed E-state index contributed by atoms with van der Waals surface area (Å²) in [5, 5.41) is 0.550. The SMILES string of the molecule is NCc1ccc(CN(Cl)C(=O)N2CCC(Sc3ccccc3)CC2)cc1. The van der Waals surface area contributed by atoms with Gasteiger partial charge >= 0.3 is 6.03 Å². The Labute approximate surface area is 164 Å². The van der Waals surface area contributed by atoms with E-state index in [0.29, 0.717) is 18.3 Å². The Balaban J connectivity index is 1.47. The molecule has 0 unspecified atom stereocenters. The molecular weight excluding hydrogens is 366 g/mol. The van der Waals surface area contributed by atoms with Crippen molar-refractivity contribution in [1.82, 2.24) is 9.32 Å². The molecule has 1 aliphatic heterocycles. The van der Waals surface area contributed by atoms with Crippen molar-refractivity contribution >= 4 is 29.6 Å². The summed E-state index contributed by atoms with van der Waals surface area (Å²) >= 11 is 8.15. The first-order chi connectivity index (χ1) is 12.7. The van der Waals surface area contributed by atoms with Crippen LogP contribution in [0.4, 0.5) is 4.79 Å². The molecule has 0 radical (unpaired) electrons. The van der Waals surface area contributed by atoms with Gasteiger partial charge in [-0.25, -0.2) is 9.21 Å². The van der Waals surface area contributed by atoms with Crippen LogP contribution in [0, 0.1) is 0 Å². The van der Waals surface area contributed by atoms with E-state index in [1.807, 2.05) is 47.0 Å². The first-order valence-corrected chi connectivity index (χ1v) is 10.1. The molecule has 0 aromatic heterocycles. The Bertz CT molecular complexity index is 703. The third-order valence-electron chi connectivity index (χ3n) is 4.55. The van der Waals surface area contributed by atoms with Gasteiger partial charge in [0.1, 0.15) is 0 Å².